The van der Waals surface area contributed by atoms with Crippen LogP contribution in [-0.4, -0.2) is 33.3 Å². The average molecular weight is 186 g/mol. The first-order chi connectivity index (χ1) is 6.22. The summed E-state index contributed by atoms with van der Waals surface area (Å²) in [5.41, 5.74) is 0.0741. The lowest BCUT2D eigenvalue weighted by Gasteiger charge is -1.84. The van der Waals surface area contributed by atoms with Gasteiger partial charge in [-0.1, -0.05) is 0 Å². The first-order valence-corrected chi connectivity index (χ1v) is 3.48. The molecule has 2 N–H and O–H groups in total. The molecule has 0 atom stereocenters. The van der Waals surface area contributed by atoms with Crippen molar-refractivity contribution in [3.63, 3.8) is 0 Å². The van der Waals surface area contributed by atoms with Crippen molar-refractivity contribution >= 4 is 5.69 Å². The Bertz CT molecular complexity index is 238. The number of hydrogen-bond donors (Lipinski definition) is 2. The van der Waals surface area contributed by atoms with E-state index in [1.807, 2.05) is 0 Å². The van der Waals surface area contributed by atoms with Gasteiger partial charge in [0.05, 0.1) is 18.1 Å². The van der Waals surface area contributed by atoms with E-state index in [4.69, 9.17) is 10.2 Å². The van der Waals surface area contributed by atoms with Crippen molar-refractivity contribution < 1.29 is 15.1 Å². The largest absolute Gasteiger partial charge is 0.394 e. The van der Waals surface area contributed by atoms with Gasteiger partial charge in [-0.15, -0.1) is 0 Å². The Morgan fingerprint density at radius 2 is 1.77 bits per heavy atom. The highest BCUT2D eigenvalue weighted by Gasteiger charge is 1.99. The van der Waals surface area contributed by atoms with Gasteiger partial charge in [-0.2, -0.15) is 0 Å². The van der Waals surface area contributed by atoms with E-state index in [-0.39, 0.29) is 18.9 Å². The number of aromatic nitrogens is 1. The Hall–Kier alpha value is -1.53. The molecule has 0 radical (unpaired) electrons. The Morgan fingerprint density at radius 3 is 2.00 bits per heavy atom. The SMILES string of the molecule is O=[N+]([O-])c1ccncc1.OCCO. The smallest absolute Gasteiger partial charge is 0.272 e. The fraction of sp³-hybridized carbons (Fsp3) is 0.286. The molecule has 0 bridgehead atoms. The van der Waals surface area contributed by atoms with Gasteiger partial charge in [0.2, 0.25) is 0 Å². The van der Waals surface area contributed by atoms with E-state index in [9.17, 15) is 10.1 Å². The molecule has 72 valence electrons. The predicted molar refractivity (Wildman–Crippen MR) is 45.1 cm³/mol. The normalized spacial score (nSPS) is 8.46. The molecule has 0 saturated heterocycles. The van der Waals surface area contributed by atoms with Crippen molar-refractivity contribution in [1.82, 2.24) is 4.98 Å². The van der Waals surface area contributed by atoms with E-state index in [2.05, 4.69) is 4.98 Å². The molecule has 0 aliphatic rings. The summed E-state index contributed by atoms with van der Waals surface area (Å²) >= 11 is 0. The Kier molecular flexibility index (Phi) is 6.30. The lowest BCUT2D eigenvalue weighted by Crippen LogP contribution is -1.85. The van der Waals surface area contributed by atoms with Crippen molar-refractivity contribution in [2.24, 2.45) is 0 Å². The third-order valence-corrected chi connectivity index (χ3v) is 0.974. The molecule has 0 aromatic carbocycles. The zero-order chi connectivity index (χ0) is 10.1. The van der Waals surface area contributed by atoms with Crippen LogP contribution in [0.2, 0.25) is 0 Å². The molecule has 0 spiro atoms. The average Bonchev–Trinajstić information content (AvgIpc) is 2.19. The van der Waals surface area contributed by atoms with Gasteiger partial charge in [-0.3, -0.25) is 15.1 Å². The van der Waals surface area contributed by atoms with Gasteiger partial charge < -0.3 is 10.2 Å². The van der Waals surface area contributed by atoms with Crippen LogP contribution in [0.3, 0.4) is 0 Å². The van der Waals surface area contributed by atoms with Crippen LogP contribution in [0.4, 0.5) is 5.69 Å². The minimum Gasteiger partial charge on any atom is -0.394 e. The second-order valence-electron chi connectivity index (χ2n) is 1.91. The van der Waals surface area contributed by atoms with E-state index in [1.165, 1.54) is 24.5 Å². The molecule has 13 heavy (non-hydrogen) atoms. The van der Waals surface area contributed by atoms with E-state index in [0.717, 1.165) is 0 Å². The highest BCUT2D eigenvalue weighted by atomic mass is 16.6. The summed E-state index contributed by atoms with van der Waals surface area (Å²) < 4.78 is 0. The lowest BCUT2D eigenvalue weighted by atomic mass is 10.4. The van der Waals surface area contributed by atoms with Gasteiger partial charge in [-0.05, 0) is 0 Å². The van der Waals surface area contributed by atoms with Gasteiger partial charge in [0, 0.05) is 24.5 Å². The fourth-order valence-electron chi connectivity index (χ4n) is 0.466. The highest BCUT2D eigenvalue weighted by Crippen LogP contribution is 2.05. The van der Waals surface area contributed by atoms with Crippen LogP contribution < -0.4 is 0 Å². The van der Waals surface area contributed by atoms with Crippen molar-refractivity contribution in [2.45, 2.75) is 0 Å². The van der Waals surface area contributed by atoms with Gasteiger partial charge in [0.25, 0.3) is 5.69 Å². The molecule has 6 heteroatoms. The van der Waals surface area contributed by atoms with Crippen molar-refractivity contribution in [1.29, 1.82) is 0 Å². The first kappa shape index (κ1) is 11.5. The predicted octanol–water partition coefficient (Wildman–Crippen LogP) is -0.0392. The molecule has 0 aliphatic carbocycles. The summed E-state index contributed by atoms with van der Waals surface area (Å²) in [5.74, 6) is 0. The van der Waals surface area contributed by atoms with Gasteiger partial charge in [0.1, 0.15) is 0 Å². The second-order valence-corrected chi connectivity index (χ2v) is 1.91. The fourth-order valence-corrected chi connectivity index (χ4v) is 0.466. The maximum absolute atomic E-state index is 9.98. The van der Waals surface area contributed by atoms with Crippen molar-refractivity contribution in [3.8, 4) is 0 Å². The van der Waals surface area contributed by atoms with Crippen LogP contribution in [0.25, 0.3) is 0 Å². The number of aliphatic hydroxyl groups excluding tert-OH is 2. The molecular formula is C7H10N2O4. The molecule has 0 saturated carbocycles. The molecule has 0 fully saturated rings. The summed E-state index contributed by atoms with van der Waals surface area (Å²) in [6, 6.07) is 2.69. The third-order valence-electron chi connectivity index (χ3n) is 0.974. The number of pyridine rings is 1. The minimum atomic E-state index is -0.457. The van der Waals surface area contributed by atoms with Gasteiger partial charge in [-0.25, -0.2) is 0 Å². The number of hydrogen-bond acceptors (Lipinski definition) is 5. The lowest BCUT2D eigenvalue weighted by molar-refractivity contribution is -0.384. The van der Waals surface area contributed by atoms with Crippen LogP contribution in [-0.2, 0) is 0 Å². The van der Waals surface area contributed by atoms with E-state index in [1.54, 1.807) is 0 Å². The Morgan fingerprint density at radius 1 is 1.31 bits per heavy atom. The molecule has 0 unspecified atom stereocenters. The van der Waals surface area contributed by atoms with Crippen molar-refractivity contribution in [3.05, 3.63) is 34.6 Å². The quantitative estimate of drug-likeness (QED) is 0.499. The Labute approximate surface area is 74.6 Å². The molecule has 1 rings (SSSR count). The molecule has 1 aromatic heterocycles. The molecule has 1 aromatic rings. The van der Waals surface area contributed by atoms with E-state index >= 15 is 0 Å². The van der Waals surface area contributed by atoms with Crippen LogP contribution in [0.5, 0.6) is 0 Å². The van der Waals surface area contributed by atoms with Crippen LogP contribution in [0.1, 0.15) is 0 Å². The zero-order valence-corrected chi connectivity index (χ0v) is 6.83. The number of nitrogens with zero attached hydrogens (tertiary/aromatic N) is 2. The topological polar surface area (TPSA) is 96.5 Å². The molecule has 1 heterocycles. The first-order valence-electron chi connectivity index (χ1n) is 3.48. The summed E-state index contributed by atoms with van der Waals surface area (Å²) in [6.45, 7) is -0.250. The third kappa shape index (κ3) is 5.71. The summed E-state index contributed by atoms with van der Waals surface area (Å²) in [7, 11) is 0. The van der Waals surface area contributed by atoms with E-state index < -0.39 is 4.92 Å². The summed E-state index contributed by atoms with van der Waals surface area (Å²) in [5, 5.41) is 25.2. The van der Waals surface area contributed by atoms with Crippen LogP contribution >= 0.6 is 0 Å². The van der Waals surface area contributed by atoms with E-state index in [0.29, 0.717) is 0 Å². The molecule has 0 aliphatic heterocycles. The summed E-state index contributed by atoms with van der Waals surface area (Å²) in [6.07, 6.45) is 2.77. The van der Waals surface area contributed by atoms with Gasteiger partial charge >= 0.3 is 0 Å². The van der Waals surface area contributed by atoms with Crippen molar-refractivity contribution in [2.75, 3.05) is 13.2 Å². The Balaban J connectivity index is 0.000000310. The monoisotopic (exact) mass is 186 g/mol. The van der Waals surface area contributed by atoms with Crippen LogP contribution in [0, 0.1) is 10.1 Å². The minimum absolute atomic E-state index is 0.0741. The standard InChI is InChI=1S/C5H4N2O2.C2H6O2/c8-7(9)5-1-3-6-4-2-5;3-1-2-4/h1-4H;3-4H,1-2H2. The molecule has 0 amide bonds. The number of nitro groups is 1. The second kappa shape index (κ2) is 7.14. The number of aliphatic hydroxyl groups is 2. The highest BCUT2D eigenvalue weighted by molar-refractivity contribution is 5.24. The molecular weight excluding hydrogens is 176 g/mol. The summed E-state index contributed by atoms with van der Waals surface area (Å²) in [4.78, 5) is 13.1. The van der Waals surface area contributed by atoms with Gasteiger partial charge in [0.15, 0.2) is 0 Å². The zero-order valence-electron chi connectivity index (χ0n) is 6.83. The molecule has 6 nitrogen and oxygen atoms in total. The van der Waals surface area contributed by atoms with Crippen LogP contribution in [0.15, 0.2) is 24.5 Å². The maximum atomic E-state index is 9.98. The number of rotatable bonds is 2. The maximum Gasteiger partial charge on any atom is 0.272 e.